The summed E-state index contributed by atoms with van der Waals surface area (Å²) in [5.74, 6) is 0.901. The van der Waals surface area contributed by atoms with Gasteiger partial charge in [0.15, 0.2) is 6.79 Å². The summed E-state index contributed by atoms with van der Waals surface area (Å²) in [6, 6.07) is 8.29. The maximum absolute atomic E-state index is 12.4. The zero-order valence-corrected chi connectivity index (χ0v) is 20.1. The molecule has 176 valence electrons. The molecule has 0 spiro atoms. The zero-order valence-electron chi connectivity index (χ0n) is 18.5. The number of halogens is 1. The second-order valence-electron chi connectivity index (χ2n) is 7.85. The summed E-state index contributed by atoms with van der Waals surface area (Å²) in [6.07, 6.45) is 0.463. The van der Waals surface area contributed by atoms with Crippen LogP contribution >= 0.6 is 11.6 Å². The van der Waals surface area contributed by atoms with Crippen LogP contribution in [0.4, 0.5) is 0 Å². The van der Waals surface area contributed by atoms with Crippen molar-refractivity contribution in [1.82, 2.24) is 13.9 Å². The Balaban J connectivity index is 1.43. The quantitative estimate of drug-likeness (QED) is 0.466. The van der Waals surface area contributed by atoms with Gasteiger partial charge in [-0.3, -0.25) is 4.79 Å². The third-order valence-electron chi connectivity index (χ3n) is 5.42. The number of nitrogens with zero attached hydrogens (tertiary/aromatic N) is 3. The second-order valence-corrected chi connectivity index (χ2v) is 10.4. The minimum absolute atomic E-state index is 0.0377. The summed E-state index contributed by atoms with van der Waals surface area (Å²) in [5, 5.41) is 0.518. The van der Waals surface area contributed by atoms with Crippen LogP contribution in [0.3, 0.4) is 0 Å². The van der Waals surface area contributed by atoms with Crippen LogP contribution in [0, 0.1) is 0 Å². The SMILES string of the molecule is CN(C)S(=O)(=O)c1ccc2c(c1)nc(CCC(=O)OCc1cc(Cl)cc3c1OCOC3)n2C. The molecular formula is C22H24ClN3O6S. The highest BCUT2D eigenvalue weighted by Crippen LogP contribution is 2.32. The molecule has 0 amide bonds. The number of ether oxygens (including phenoxy) is 3. The van der Waals surface area contributed by atoms with Gasteiger partial charge in [-0.1, -0.05) is 11.6 Å². The molecule has 1 aromatic heterocycles. The Morgan fingerprint density at radius 2 is 2.06 bits per heavy atom. The first kappa shape index (κ1) is 23.5. The standard InChI is InChI=1S/C22H24ClN3O6S/c1-25(2)33(28,29)17-4-5-19-18(10-17)24-20(26(19)3)6-7-21(27)31-12-15-9-16(23)8-14-11-30-13-32-22(14)15/h4-5,8-10H,6-7,11-13H2,1-3H3. The molecule has 0 unspecified atom stereocenters. The lowest BCUT2D eigenvalue weighted by atomic mass is 10.1. The second kappa shape index (κ2) is 9.30. The van der Waals surface area contributed by atoms with Crippen molar-refractivity contribution in [3.63, 3.8) is 0 Å². The Bertz CT molecular complexity index is 1320. The summed E-state index contributed by atoms with van der Waals surface area (Å²) in [6.45, 7) is 0.566. The van der Waals surface area contributed by atoms with Gasteiger partial charge in [-0.15, -0.1) is 0 Å². The normalized spacial score (nSPS) is 13.7. The number of carbonyl (C=O) groups excluding carboxylic acids is 1. The van der Waals surface area contributed by atoms with Crippen LogP contribution in [0.25, 0.3) is 11.0 Å². The molecule has 0 atom stereocenters. The Labute approximate surface area is 196 Å². The molecule has 1 aliphatic heterocycles. The third kappa shape index (κ3) is 4.84. The molecule has 3 aromatic rings. The van der Waals surface area contributed by atoms with Crippen LogP contribution in [0.1, 0.15) is 23.4 Å². The monoisotopic (exact) mass is 493 g/mol. The lowest BCUT2D eigenvalue weighted by Crippen LogP contribution is -2.22. The van der Waals surface area contributed by atoms with E-state index in [0.29, 0.717) is 40.7 Å². The van der Waals surface area contributed by atoms with E-state index in [1.54, 1.807) is 30.3 Å². The van der Waals surface area contributed by atoms with E-state index in [4.69, 9.17) is 25.8 Å². The first-order valence-electron chi connectivity index (χ1n) is 10.2. The van der Waals surface area contributed by atoms with Gasteiger partial charge in [-0.2, -0.15) is 0 Å². The minimum Gasteiger partial charge on any atom is -0.467 e. The molecule has 0 aliphatic carbocycles. The van der Waals surface area contributed by atoms with Crippen molar-refractivity contribution in [3.8, 4) is 5.75 Å². The van der Waals surface area contributed by atoms with Gasteiger partial charge in [0.05, 0.1) is 29.0 Å². The molecule has 9 nitrogen and oxygen atoms in total. The van der Waals surface area contributed by atoms with Gasteiger partial charge in [-0.05, 0) is 30.3 Å². The number of carbonyl (C=O) groups is 1. The van der Waals surface area contributed by atoms with Crippen molar-refractivity contribution in [2.75, 3.05) is 20.9 Å². The molecule has 11 heteroatoms. The highest BCUT2D eigenvalue weighted by molar-refractivity contribution is 7.89. The van der Waals surface area contributed by atoms with E-state index in [-0.39, 0.29) is 24.7 Å². The van der Waals surface area contributed by atoms with Crippen LogP contribution in [-0.4, -0.2) is 49.1 Å². The molecule has 4 rings (SSSR count). The fourth-order valence-corrected chi connectivity index (χ4v) is 4.82. The van der Waals surface area contributed by atoms with Crippen LogP contribution in [0.15, 0.2) is 35.2 Å². The number of aryl methyl sites for hydroxylation is 2. The number of sulfonamides is 1. The molecule has 33 heavy (non-hydrogen) atoms. The smallest absolute Gasteiger partial charge is 0.306 e. The van der Waals surface area contributed by atoms with E-state index in [1.807, 2.05) is 11.6 Å². The molecule has 0 fully saturated rings. The van der Waals surface area contributed by atoms with Gasteiger partial charge in [0.1, 0.15) is 18.2 Å². The predicted molar refractivity (Wildman–Crippen MR) is 121 cm³/mol. The summed E-state index contributed by atoms with van der Waals surface area (Å²) in [7, 11) is 1.23. The number of rotatable bonds is 7. The van der Waals surface area contributed by atoms with E-state index in [0.717, 1.165) is 15.4 Å². The van der Waals surface area contributed by atoms with Crippen molar-refractivity contribution < 1.29 is 27.4 Å². The Morgan fingerprint density at radius 1 is 1.27 bits per heavy atom. The topological polar surface area (TPSA) is 100.0 Å². The maximum Gasteiger partial charge on any atom is 0.306 e. The number of hydrogen-bond donors (Lipinski definition) is 0. The largest absolute Gasteiger partial charge is 0.467 e. The number of esters is 1. The fourth-order valence-electron chi connectivity index (χ4n) is 3.63. The predicted octanol–water partition coefficient (Wildman–Crippen LogP) is 3.02. The summed E-state index contributed by atoms with van der Waals surface area (Å²) >= 11 is 6.15. The van der Waals surface area contributed by atoms with Gasteiger partial charge in [-0.25, -0.2) is 17.7 Å². The average Bonchev–Trinajstić information content (AvgIpc) is 3.10. The lowest BCUT2D eigenvalue weighted by molar-refractivity contribution is -0.145. The van der Waals surface area contributed by atoms with Gasteiger partial charge >= 0.3 is 5.97 Å². The first-order valence-corrected chi connectivity index (χ1v) is 12.0. The van der Waals surface area contributed by atoms with Crippen molar-refractivity contribution in [2.45, 2.75) is 31.0 Å². The van der Waals surface area contributed by atoms with Crippen molar-refractivity contribution >= 4 is 38.6 Å². The van der Waals surface area contributed by atoms with Crippen LogP contribution in [-0.2, 0) is 51.0 Å². The maximum atomic E-state index is 12.4. The third-order valence-corrected chi connectivity index (χ3v) is 7.45. The zero-order chi connectivity index (χ0) is 23.8. The number of imidazole rings is 1. The summed E-state index contributed by atoms with van der Waals surface area (Å²) < 4.78 is 44.0. The lowest BCUT2D eigenvalue weighted by Gasteiger charge is -2.21. The molecule has 0 saturated carbocycles. The molecule has 2 aromatic carbocycles. The van der Waals surface area contributed by atoms with E-state index >= 15 is 0 Å². The fraction of sp³-hybridized carbons (Fsp3) is 0.364. The van der Waals surface area contributed by atoms with Crippen molar-refractivity contribution in [3.05, 3.63) is 52.3 Å². The average molecular weight is 494 g/mol. The van der Waals surface area contributed by atoms with Crippen LogP contribution in [0.5, 0.6) is 5.75 Å². The summed E-state index contributed by atoms with van der Waals surface area (Å²) in [5.41, 5.74) is 2.83. The van der Waals surface area contributed by atoms with Gasteiger partial charge in [0.25, 0.3) is 0 Å². The van der Waals surface area contributed by atoms with Gasteiger partial charge in [0, 0.05) is 43.7 Å². The van der Waals surface area contributed by atoms with E-state index in [9.17, 15) is 13.2 Å². The number of benzene rings is 2. The number of fused-ring (bicyclic) bond motifs is 2. The van der Waals surface area contributed by atoms with Gasteiger partial charge in [0.2, 0.25) is 10.0 Å². The molecule has 1 aliphatic rings. The van der Waals surface area contributed by atoms with E-state index in [2.05, 4.69) is 4.98 Å². The number of hydrogen-bond acceptors (Lipinski definition) is 7. The molecule has 0 bridgehead atoms. The van der Waals surface area contributed by atoms with E-state index in [1.165, 1.54) is 14.1 Å². The number of aromatic nitrogens is 2. The van der Waals surface area contributed by atoms with Crippen LogP contribution < -0.4 is 4.74 Å². The molecule has 2 heterocycles. The molecule has 0 saturated heterocycles. The highest BCUT2D eigenvalue weighted by atomic mass is 35.5. The molecule has 0 radical (unpaired) electrons. The Hall–Kier alpha value is -2.66. The van der Waals surface area contributed by atoms with Crippen molar-refractivity contribution in [1.29, 1.82) is 0 Å². The van der Waals surface area contributed by atoms with Crippen molar-refractivity contribution in [2.24, 2.45) is 7.05 Å². The molecular weight excluding hydrogens is 470 g/mol. The minimum atomic E-state index is -3.56. The van der Waals surface area contributed by atoms with Gasteiger partial charge < -0.3 is 18.8 Å². The highest BCUT2D eigenvalue weighted by Gasteiger charge is 2.20. The van der Waals surface area contributed by atoms with E-state index < -0.39 is 16.0 Å². The first-order chi connectivity index (χ1) is 15.7. The molecule has 0 N–H and O–H groups in total. The Morgan fingerprint density at radius 3 is 2.82 bits per heavy atom. The Kier molecular flexibility index (Phi) is 6.62. The summed E-state index contributed by atoms with van der Waals surface area (Å²) in [4.78, 5) is 17.1. The van der Waals surface area contributed by atoms with Crippen LogP contribution in [0.2, 0.25) is 5.02 Å².